The van der Waals surface area contributed by atoms with Gasteiger partial charge in [-0.15, -0.1) is 0 Å². The summed E-state index contributed by atoms with van der Waals surface area (Å²) >= 11 is 6.82. The molecule has 1 fully saturated rings. The molecule has 2 aromatic rings. The van der Waals surface area contributed by atoms with Crippen LogP contribution < -0.4 is 11.1 Å². The first-order valence-electron chi connectivity index (χ1n) is 8.88. The molecule has 0 unspecified atom stereocenters. The second-order valence-electron chi connectivity index (χ2n) is 6.70. The molecular weight excluding hydrogens is 402 g/mol. The fourth-order valence-corrected chi connectivity index (χ4v) is 4.12. The normalized spacial score (nSPS) is 15.6. The lowest BCUT2D eigenvalue weighted by molar-refractivity contribution is -0.140. The Morgan fingerprint density at radius 1 is 1.18 bits per heavy atom. The Hall–Kier alpha value is -2.45. The number of halogens is 1. The fourth-order valence-electron chi connectivity index (χ4n) is 3.16. The number of benzene rings is 1. The summed E-state index contributed by atoms with van der Waals surface area (Å²) < 4.78 is 5.55. The van der Waals surface area contributed by atoms with Gasteiger partial charge in [-0.05, 0) is 56.9 Å². The molecular formula is C19H20ClN3O4S. The average Bonchev–Trinajstić information content (AvgIpc) is 3.03. The van der Waals surface area contributed by atoms with E-state index in [-0.39, 0.29) is 15.9 Å². The molecule has 7 nitrogen and oxygen atoms in total. The second kappa shape index (κ2) is 8.28. The molecule has 2 amide bonds. The van der Waals surface area contributed by atoms with Crippen molar-refractivity contribution in [2.45, 2.75) is 44.6 Å². The number of esters is 1. The van der Waals surface area contributed by atoms with E-state index in [0.29, 0.717) is 29.1 Å². The summed E-state index contributed by atoms with van der Waals surface area (Å²) in [4.78, 5) is 41.3. The van der Waals surface area contributed by atoms with Gasteiger partial charge in [-0.1, -0.05) is 29.4 Å². The molecule has 0 saturated heterocycles. The van der Waals surface area contributed by atoms with Crippen LogP contribution in [0, 0.1) is 6.92 Å². The van der Waals surface area contributed by atoms with Crippen LogP contribution in [-0.2, 0) is 9.53 Å². The third kappa shape index (κ3) is 4.34. The van der Waals surface area contributed by atoms with Gasteiger partial charge in [0.1, 0.15) is 4.88 Å². The van der Waals surface area contributed by atoms with Crippen LogP contribution in [0.3, 0.4) is 0 Å². The minimum Gasteiger partial charge on any atom is -0.445 e. The fraction of sp³-hybridized carbons (Fsp3) is 0.368. The first-order chi connectivity index (χ1) is 13.3. The van der Waals surface area contributed by atoms with Crippen LogP contribution in [0.25, 0.3) is 0 Å². The summed E-state index contributed by atoms with van der Waals surface area (Å²) in [6.45, 7) is 1.64. The number of amides is 2. The van der Waals surface area contributed by atoms with Gasteiger partial charge in [0.15, 0.2) is 10.7 Å². The number of nitrogens with two attached hydrogens (primary N) is 1. The highest BCUT2D eigenvalue weighted by atomic mass is 35.5. The summed E-state index contributed by atoms with van der Waals surface area (Å²) in [5.74, 6) is -1.65. The van der Waals surface area contributed by atoms with E-state index in [1.54, 1.807) is 31.2 Å². The molecule has 1 aliphatic rings. The number of carbonyl (C=O) groups is 3. The Kier molecular flexibility index (Phi) is 6.00. The number of carbonyl (C=O) groups excluding carboxylic acids is 3. The number of rotatable bonds is 5. The second-order valence-corrected chi connectivity index (χ2v) is 8.14. The van der Waals surface area contributed by atoms with Crippen molar-refractivity contribution >= 4 is 45.9 Å². The van der Waals surface area contributed by atoms with Crippen LogP contribution in [0.1, 0.15) is 57.8 Å². The number of nitrogens with one attached hydrogen (secondary N) is 1. The number of aromatic nitrogens is 1. The van der Waals surface area contributed by atoms with Crippen molar-refractivity contribution in [2.75, 3.05) is 5.32 Å². The molecule has 1 heterocycles. The van der Waals surface area contributed by atoms with E-state index in [2.05, 4.69) is 10.3 Å². The molecule has 3 rings (SSSR count). The van der Waals surface area contributed by atoms with Crippen molar-refractivity contribution in [3.05, 3.63) is 45.4 Å². The smallest absolute Gasteiger partial charge is 0.351 e. The Bertz CT molecular complexity index is 904. The Labute approximate surface area is 171 Å². The van der Waals surface area contributed by atoms with E-state index >= 15 is 0 Å². The standard InChI is InChI=1S/C19H20ClN3O4S/c1-11-14(16(25)27-19(17(21)26)9-3-2-4-10-19)28-18(22-11)23-15(24)12-5-7-13(20)8-6-12/h5-8H,2-4,9-10H2,1H3,(H2,21,26)(H,22,23,24). The zero-order valence-corrected chi connectivity index (χ0v) is 16.9. The molecule has 148 valence electrons. The van der Waals surface area contributed by atoms with Crippen LogP contribution in [-0.4, -0.2) is 28.4 Å². The molecule has 3 N–H and O–H groups in total. The summed E-state index contributed by atoms with van der Waals surface area (Å²) in [5.41, 5.74) is 5.08. The van der Waals surface area contributed by atoms with Gasteiger partial charge in [-0.2, -0.15) is 0 Å². The van der Waals surface area contributed by atoms with Crippen molar-refractivity contribution < 1.29 is 19.1 Å². The van der Waals surface area contributed by atoms with E-state index in [4.69, 9.17) is 22.1 Å². The molecule has 0 aliphatic heterocycles. The maximum Gasteiger partial charge on any atom is 0.351 e. The average molecular weight is 422 g/mol. The molecule has 9 heteroatoms. The number of hydrogen-bond donors (Lipinski definition) is 2. The first-order valence-corrected chi connectivity index (χ1v) is 10.1. The summed E-state index contributed by atoms with van der Waals surface area (Å²) in [6, 6.07) is 6.40. The molecule has 0 spiro atoms. The lowest BCUT2D eigenvalue weighted by Crippen LogP contribution is -2.49. The zero-order chi connectivity index (χ0) is 20.3. The molecule has 1 aromatic carbocycles. The van der Waals surface area contributed by atoms with Crippen LogP contribution >= 0.6 is 22.9 Å². The lowest BCUT2D eigenvalue weighted by atomic mass is 9.84. The number of hydrogen-bond acceptors (Lipinski definition) is 6. The van der Waals surface area contributed by atoms with E-state index in [1.807, 2.05) is 0 Å². The highest BCUT2D eigenvalue weighted by Crippen LogP contribution is 2.34. The van der Waals surface area contributed by atoms with Gasteiger partial charge in [0.2, 0.25) is 0 Å². The number of nitrogens with zero attached hydrogens (tertiary/aromatic N) is 1. The van der Waals surface area contributed by atoms with Crippen molar-refractivity contribution in [1.82, 2.24) is 4.98 Å². The topological polar surface area (TPSA) is 111 Å². The molecule has 28 heavy (non-hydrogen) atoms. The molecule has 0 bridgehead atoms. The van der Waals surface area contributed by atoms with Crippen LogP contribution in [0.5, 0.6) is 0 Å². The predicted octanol–water partition coefficient (Wildman–Crippen LogP) is 3.70. The number of aryl methyl sites for hydroxylation is 1. The Morgan fingerprint density at radius 3 is 2.43 bits per heavy atom. The summed E-state index contributed by atoms with van der Waals surface area (Å²) in [5, 5.41) is 3.45. The minimum absolute atomic E-state index is 0.234. The van der Waals surface area contributed by atoms with Crippen molar-refractivity contribution in [3.8, 4) is 0 Å². The van der Waals surface area contributed by atoms with E-state index in [0.717, 1.165) is 30.6 Å². The number of thiazole rings is 1. The van der Waals surface area contributed by atoms with Crippen molar-refractivity contribution in [2.24, 2.45) is 5.73 Å². The predicted molar refractivity (Wildman–Crippen MR) is 107 cm³/mol. The lowest BCUT2D eigenvalue weighted by Gasteiger charge is -2.33. The van der Waals surface area contributed by atoms with Gasteiger partial charge in [-0.25, -0.2) is 9.78 Å². The van der Waals surface area contributed by atoms with Gasteiger partial charge in [0.25, 0.3) is 11.8 Å². The molecule has 0 atom stereocenters. The SMILES string of the molecule is Cc1nc(NC(=O)c2ccc(Cl)cc2)sc1C(=O)OC1(C(N)=O)CCCCC1. The minimum atomic E-state index is -1.27. The van der Waals surface area contributed by atoms with Crippen molar-refractivity contribution in [3.63, 3.8) is 0 Å². The van der Waals surface area contributed by atoms with E-state index in [9.17, 15) is 14.4 Å². The quantitative estimate of drug-likeness (QED) is 0.715. The van der Waals surface area contributed by atoms with Gasteiger partial charge in [0, 0.05) is 10.6 Å². The van der Waals surface area contributed by atoms with E-state index < -0.39 is 17.5 Å². The Morgan fingerprint density at radius 2 is 1.82 bits per heavy atom. The number of ether oxygens (including phenoxy) is 1. The van der Waals surface area contributed by atoms with Gasteiger partial charge in [-0.3, -0.25) is 14.9 Å². The maximum atomic E-state index is 12.7. The third-order valence-corrected chi connectivity index (χ3v) is 6.01. The maximum absolute atomic E-state index is 12.7. The Balaban J connectivity index is 1.74. The third-order valence-electron chi connectivity index (χ3n) is 4.71. The largest absolute Gasteiger partial charge is 0.445 e. The highest BCUT2D eigenvalue weighted by Gasteiger charge is 2.42. The summed E-state index contributed by atoms with van der Waals surface area (Å²) in [7, 11) is 0. The highest BCUT2D eigenvalue weighted by molar-refractivity contribution is 7.17. The monoisotopic (exact) mass is 421 g/mol. The van der Waals surface area contributed by atoms with Gasteiger partial charge < -0.3 is 10.5 Å². The van der Waals surface area contributed by atoms with Crippen molar-refractivity contribution in [1.29, 1.82) is 0 Å². The zero-order valence-electron chi connectivity index (χ0n) is 15.3. The molecule has 1 aromatic heterocycles. The summed E-state index contributed by atoms with van der Waals surface area (Å²) in [6.07, 6.45) is 3.38. The molecule has 1 saturated carbocycles. The van der Waals surface area contributed by atoms with Gasteiger partial charge >= 0.3 is 5.97 Å². The van der Waals surface area contributed by atoms with Crippen LogP contribution in [0.2, 0.25) is 5.02 Å². The van der Waals surface area contributed by atoms with E-state index in [1.165, 1.54) is 0 Å². The molecule has 0 radical (unpaired) electrons. The first kappa shape index (κ1) is 20.3. The number of primary amides is 1. The van der Waals surface area contributed by atoms with Crippen LogP contribution in [0.4, 0.5) is 5.13 Å². The van der Waals surface area contributed by atoms with Crippen LogP contribution in [0.15, 0.2) is 24.3 Å². The van der Waals surface area contributed by atoms with Gasteiger partial charge in [0.05, 0.1) is 5.69 Å². The number of anilines is 1. The molecule has 1 aliphatic carbocycles.